The topological polar surface area (TPSA) is 81.2 Å². The highest BCUT2D eigenvalue weighted by Crippen LogP contribution is 2.22. The van der Waals surface area contributed by atoms with Gasteiger partial charge in [0.15, 0.2) is 0 Å². The van der Waals surface area contributed by atoms with E-state index in [-0.39, 0.29) is 18.0 Å². The molecule has 136 valence electrons. The number of ether oxygens (including phenoxy) is 1. The number of nitrogens with zero attached hydrogens (tertiary/aromatic N) is 2. The van der Waals surface area contributed by atoms with Crippen LogP contribution in [-0.4, -0.2) is 31.8 Å². The zero-order chi connectivity index (χ0) is 18.6. The summed E-state index contributed by atoms with van der Waals surface area (Å²) in [5.41, 5.74) is 2.38. The van der Waals surface area contributed by atoms with Gasteiger partial charge in [0.25, 0.3) is 0 Å². The molecule has 0 aliphatic carbocycles. The van der Waals surface area contributed by atoms with Gasteiger partial charge >= 0.3 is 0 Å². The van der Waals surface area contributed by atoms with Gasteiger partial charge in [-0.1, -0.05) is 18.2 Å². The van der Waals surface area contributed by atoms with Crippen molar-refractivity contribution in [3.05, 3.63) is 59.0 Å². The van der Waals surface area contributed by atoms with Crippen LogP contribution in [0.5, 0.6) is 5.88 Å². The van der Waals surface area contributed by atoms with Gasteiger partial charge in [0.05, 0.1) is 9.77 Å². The molecular weight excluding hydrogens is 370 g/mol. The maximum atomic E-state index is 12.4. The quantitative estimate of drug-likeness (QED) is 0.628. The normalized spacial score (nSPS) is 11.5. The Morgan fingerprint density at radius 3 is 2.65 bits per heavy atom. The summed E-state index contributed by atoms with van der Waals surface area (Å²) in [4.78, 5) is 1.32. The highest BCUT2D eigenvalue weighted by molar-refractivity contribution is 7.89. The Bertz CT molecular complexity index is 969. The molecule has 0 bridgehead atoms. The molecule has 26 heavy (non-hydrogen) atoms. The third kappa shape index (κ3) is 4.46. The van der Waals surface area contributed by atoms with E-state index in [0.717, 1.165) is 16.1 Å². The van der Waals surface area contributed by atoms with E-state index in [1.807, 2.05) is 36.6 Å². The van der Waals surface area contributed by atoms with Crippen molar-refractivity contribution in [1.29, 1.82) is 0 Å². The Labute approximate surface area is 156 Å². The number of nitrogens with one attached hydrogen (secondary N) is 1. The van der Waals surface area contributed by atoms with Gasteiger partial charge in [0.2, 0.25) is 15.9 Å². The van der Waals surface area contributed by atoms with Gasteiger partial charge in [-0.25, -0.2) is 13.1 Å². The summed E-state index contributed by atoms with van der Waals surface area (Å²) in [6, 6.07) is 12.8. The first-order chi connectivity index (χ1) is 12.5. The highest BCUT2D eigenvalue weighted by Gasteiger charge is 2.16. The van der Waals surface area contributed by atoms with Gasteiger partial charge in [0.1, 0.15) is 12.3 Å². The zero-order valence-corrected chi connectivity index (χ0v) is 16.1. The van der Waals surface area contributed by atoms with E-state index in [2.05, 4.69) is 14.9 Å². The molecule has 2 heterocycles. The first-order valence-corrected chi connectivity index (χ1v) is 10.4. The van der Waals surface area contributed by atoms with Crippen molar-refractivity contribution in [2.45, 2.75) is 18.7 Å². The molecule has 3 rings (SSSR count). The summed E-state index contributed by atoms with van der Waals surface area (Å²) >= 11 is 1.59. The molecule has 1 N–H and O–H groups in total. The first-order valence-electron chi connectivity index (χ1n) is 8.03. The maximum Gasteiger partial charge on any atom is 0.240 e. The molecule has 0 aliphatic heterocycles. The molecule has 0 radical (unpaired) electrons. The minimum atomic E-state index is -3.57. The van der Waals surface area contributed by atoms with Crippen LogP contribution < -0.4 is 9.46 Å². The molecular formula is C18H19N3O3S2. The lowest BCUT2D eigenvalue weighted by molar-refractivity contribution is 0.307. The lowest BCUT2D eigenvalue weighted by atomic mass is 10.2. The molecule has 3 aromatic rings. The highest BCUT2D eigenvalue weighted by atomic mass is 32.2. The van der Waals surface area contributed by atoms with Crippen molar-refractivity contribution in [1.82, 2.24) is 14.9 Å². The van der Waals surface area contributed by atoms with Crippen molar-refractivity contribution in [3.8, 4) is 16.5 Å². The van der Waals surface area contributed by atoms with Gasteiger partial charge < -0.3 is 4.74 Å². The summed E-state index contributed by atoms with van der Waals surface area (Å²) in [5, 5.41) is 10.1. The Morgan fingerprint density at radius 1 is 1.12 bits per heavy atom. The predicted octanol–water partition coefficient (Wildman–Crippen LogP) is 3.18. The third-order valence-corrected chi connectivity index (χ3v) is 6.19. The van der Waals surface area contributed by atoms with E-state index in [1.165, 1.54) is 0 Å². The van der Waals surface area contributed by atoms with Crippen molar-refractivity contribution in [2.24, 2.45) is 0 Å². The van der Waals surface area contributed by atoms with Crippen LogP contribution in [0.2, 0.25) is 0 Å². The molecule has 0 amide bonds. The number of hydrogen-bond donors (Lipinski definition) is 1. The van der Waals surface area contributed by atoms with Gasteiger partial charge in [-0.2, -0.15) is 0 Å². The van der Waals surface area contributed by atoms with Crippen LogP contribution in [0.3, 0.4) is 0 Å². The number of aromatic nitrogens is 2. The standard InChI is InChI=1S/C18H19N3O3S2/c1-13-5-6-14(2)17(12-13)26(22,23)19-9-10-24-18-8-7-15(20-21-18)16-4-3-11-25-16/h3-8,11-12,19H,9-10H2,1-2H3. The second-order valence-electron chi connectivity index (χ2n) is 5.75. The van der Waals surface area contributed by atoms with Crippen LogP contribution in [0.25, 0.3) is 10.6 Å². The smallest absolute Gasteiger partial charge is 0.240 e. The van der Waals surface area contributed by atoms with Crippen molar-refractivity contribution in [2.75, 3.05) is 13.2 Å². The van der Waals surface area contributed by atoms with Crippen molar-refractivity contribution in [3.63, 3.8) is 0 Å². The number of hydrogen-bond acceptors (Lipinski definition) is 6. The zero-order valence-electron chi connectivity index (χ0n) is 14.5. The molecule has 0 atom stereocenters. The van der Waals surface area contributed by atoms with Crippen LogP contribution >= 0.6 is 11.3 Å². The average Bonchev–Trinajstić information content (AvgIpc) is 3.16. The minimum Gasteiger partial charge on any atom is -0.475 e. The summed E-state index contributed by atoms with van der Waals surface area (Å²) in [7, 11) is -3.57. The van der Waals surface area contributed by atoms with Crippen LogP contribution in [0.4, 0.5) is 0 Å². The summed E-state index contributed by atoms with van der Waals surface area (Å²) < 4.78 is 32.8. The van der Waals surface area contributed by atoms with Crippen LogP contribution in [-0.2, 0) is 10.0 Å². The SMILES string of the molecule is Cc1ccc(C)c(S(=O)(=O)NCCOc2ccc(-c3cccs3)nn2)c1. The first kappa shape index (κ1) is 18.5. The fourth-order valence-electron chi connectivity index (χ4n) is 2.36. The number of rotatable bonds is 7. The fourth-order valence-corrected chi connectivity index (χ4v) is 4.39. The van der Waals surface area contributed by atoms with E-state index in [0.29, 0.717) is 11.4 Å². The van der Waals surface area contributed by atoms with E-state index in [9.17, 15) is 8.42 Å². The summed E-state index contributed by atoms with van der Waals surface area (Å²) in [6.45, 7) is 3.94. The Hall–Kier alpha value is -2.29. The molecule has 8 heteroatoms. The molecule has 1 aromatic carbocycles. The molecule has 0 saturated carbocycles. The van der Waals surface area contributed by atoms with Crippen molar-refractivity contribution < 1.29 is 13.2 Å². The third-order valence-electron chi connectivity index (χ3n) is 3.69. The lowest BCUT2D eigenvalue weighted by Crippen LogP contribution is -2.29. The maximum absolute atomic E-state index is 12.4. The van der Waals surface area contributed by atoms with Crippen molar-refractivity contribution >= 4 is 21.4 Å². The number of aryl methyl sites for hydroxylation is 2. The van der Waals surface area contributed by atoms with Gasteiger partial charge in [-0.15, -0.1) is 21.5 Å². The van der Waals surface area contributed by atoms with E-state index in [1.54, 1.807) is 36.5 Å². The molecule has 0 unspecified atom stereocenters. The second-order valence-corrected chi connectivity index (χ2v) is 8.43. The molecule has 0 aliphatic rings. The lowest BCUT2D eigenvalue weighted by Gasteiger charge is -2.10. The second kappa shape index (κ2) is 7.94. The fraction of sp³-hybridized carbons (Fsp3) is 0.222. The molecule has 0 saturated heterocycles. The molecule has 2 aromatic heterocycles. The Balaban J connectivity index is 1.54. The number of sulfonamides is 1. The molecule has 0 spiro atoms. The van der Waals surface area contributed by atoms with Crippen LogP contribution in [0.1, 0.15) is 11.1 Å². The summed E-state index contributed by atoms with van der Waals surface area (Å²) in [6.07, 6.45) is 0. The van der Waals surface area contributed by atoms with E-state index >= 15 is 0 Å². The van der Waals surface area contributed by atoms with Crippen LogP contribution in [0.15, 0.2) is 52.7 Å². The summed E-state index contributed by atoms with van der Waals surface area (Å²) in [5.74, 6) is 0.358. The van der Waals surface area contributed by atoms with Gasteiger partial charge in [0, 0.05) is 12.6 Å². The monoisotopic (exact) mass is 389 g/mol. The molecule has 0 fully saturated rings. The largest absolute Gasteiger partial charge is 0.475 e. The van der Waals surface area contributed by atoms with Gasteiger partial charge in [-0.05, 0) is 48.6 Å². The number of thiophene rings is 1. The Kier molecular flexibility index (Phi) is 5.65. The minimum absolute atomic E-state index is 0.143. The average molecular weight is 390 g/mol. The predicted molar refractivity (Wildman–Crippen MR) is 102 cm³/mol. The van der Waals surface area contributed by atoms with E-state index in [4.69, 9.17) is 4.74 Å². The van der Waals surface area contributed by atoms with Crippen LogP contribution in [0, 0.1) is 13.8 Å². The van der Waals surface area contributed by atoms with Gasteiger partial charge in [-0.3, -0.25) is 0 Å². The Morgan fingerprint density at radius 2 is 1.96 bits per heavy atom. The van der Waals surface area contributed by atoms with E-state index < -0.39 is 10.0 Å². The number of benzene rings is 1. The molecule has 6 nitrogen and oxygen atoms in total.